The van der Waals surface area contributed by atoms with Crippen LogP contribution in [0.3, 0.4) is 0 Å². The molecule has 0 spiro atoms. The molecule has 0 aliphatic rings. The van der Waals surface area contributed by atoms with E-state index in [4.69, 9.17) is 11.6 Å². The van der Waals surface area contributed by atoms with Gasteiger partial charge in [-0.2, -0.15) is 0 Å². The highest BCUT2D eigenvalue weighted by Gasteiger charge is 2.06. The van der Waals surface area contributed by atoms with Crippen LogP contribution in [0.15, 0.2) is 54.6 Å². The maximum atomic E-state index is 6.40. The smallest absolute Gasteiger partial charge is 0.0585 e. The molecule has 0 radical (unpaired) electrons. The number of halogens is 1. The zero-order valence-corrected chi connectivity index (χ0v) is 11.5. The lowest BCUT2D eigenvalue weighted by Crippen LogP contribution is -1.93. The fourth-order valence-corrected chi connectivity index (χ4v) is 2.48. The lowest BCUT2D eigenvalue weighted by atomic mass is 10.0. The molecular formula is C17H19Cl. The summed E-state index contributed by atoms with van der Waals surface area (Å²) in [6.07, 6.45) is 3.27. The summed E-state index contributed by atoms with van der Waals surface area (Å²) < 4.78 is 0. The third-order valence-corrected chi connectivity index (χ3v) is 3.64. The van der Waals surface area contributed by atoms with Gasteiger partial charge >= 0.3 is 0 Å². The zero-order valence-electron chi connectivity index (χ0n) is 10.8. The highest BCUT2D eigenvalue weighted by Crippen LogP contribution is 2.26. The van der Waals surface area contributed by atoms with Gasteiger partial charge in [0.1, 0.15) is 0 Å². The number of hydrogen-bond donors (Lipinski definition) is 0. The standard InChI is InChI=1S/C17H19Cl/c1-14-7-5-8-15(13-14)9-6-12-17(18)16-10-3-2-4-11-16/h2-5,7-8,10-11,13,17H,6,9,12H2,1H3. The Kier molecular flexibility index (Phi) is 4.83. The van der Waals surface area contributed by atoms with Crippen LogP contribution in [0, 0.1) is 6.92 Å². The van der Waals surface area contributed by atoms with Gasteiger partial charge in [0.25, 0.3) is 0 Å². The Labute approximate surface area is 115 Å². The van der Waals surface area contributed by atoms with Crippen molar-refractivity contribution in [3.05, 3.63) is 71.3 Å². The van der Waals surface area contributed by atoms with Crippen LogP contribution < -0.4 is 0 Å². The van der Waals surface area contributed by atoms with Crippen LogP contribution in [0.2, 0.25) is 0 Å². The zero-order chi connectivity index (χ0) is 12.8. The van der Waals surface area contributed by atoms with E-state index >= 15 is 0 Å². The van der Waals surface area contributed by atoms with E-state index in [1.54, 1.807) is 0 Å². The second kappa shape index (κ2) is 6.61. The van der Waals surface area contributed by atoms with Gasteiger partial charge in [0.05, 0.1) is 5.38 Å². The van der Waals surface area contributed by atoms with Gasteiger partial charge in [-0.25, -0.2) is 0 Å². The Bertz CT molecular complexity index is 476. The Morgan fingerprint density at radius 2 is 1.78 bits per heavy atom. The fraction of sp³-hybridized carbons (Fsp3) is 0.294. The molecule has 1 atom stereocenters. The largest absolute Gasteiger partial charge is 0.118 e. The molecule has 1 unspecified atom stereocenters. The van der Waals surface area contributed by atoms with E-state index in [1.807, 2.05) is 18.2 Å². The van der Waals surface area contributed by atoms with E-state index in [0.29, 0.717) is 0 Å². The van der Waals surface area contributed by atoms with E-state index in [-0.39, 0.29) is 5.38 Å². The molecule has 0 nitrogen and oxygen atoms in total. The van der Waals surface area contributed by atoms with Crippen molar-refractivity contribution in [3.8, 4) is 0 Å². The molecule has 0 N–H and O–H groups in total. The molecule has 0 aromatic heterocycles. The first-order chi connectivity index (χ1) is 8.75. The van der Waals surface area contributed by atoms with Crippen molar-refractivity contribution in [2.24, 2.45) is 0 Å². The lowest BCUT2D eigenvalue weighted by Gasteiger charge is -2.09. The predicted octanol–water partition coefficient (Wildman–Crippen LogP) is 5.30. The summed E-state index contributed by atoms with van der Waals surface area (Å²) in [6.45, 7) is 2.14. The molecule has 0 aliphatic carbocycles. The highest BCUT2D eigenvalue weighted by atomic mass is 35.5. The molecule has 0 amide bonds. The molecule has 0 saturated carbocycles. The minimum absolute atomic E-state index is 0.135. The molecule has 0 saturated heterocycles. The van der Waals surface area contributed by atoms with Crippen molar-refractivity contribution in [1.29, 1.82) is 0 Å². The quantitative estimate of drug-likeness (QED) is 0.639. The highest BCUT2D eigenvalue weighted by molar-refractivity contribution is 6.20. The number of alkyl halides is 1. The second-order valence-electron chi connectivity index (χ2n) is 4.76. The summed E-state index contributed by atoms with van der Waals surface area (Å²) >= 11 is 6.40. The number of aryl methyl sites for hydroxylation is 2. The van der Waals surface area contributed by atoms with E-state index in [0.717, 1.165) is 19.3 Å². The summed E-state index contributed by atoms with van der Waals surface area (Å²) in [5, 5.41) is 0.135. The van der Waals surface area contributed by atoms with E-state index in [9.17, 15) is 0 Å². The number of rotatable bonds is 5. The summed E-state index contributed by atoms with van der Waals surface area (Å²) in [5.74, 6) is 0. The first kappa shape index (κ1) is 13.2. The molecule has 1 heteroatoms. The van der Waals surface area contributed by atoms with Crippen LogP contribution in [-0.4, -0.2) is 0 Å². The van der Waals surface area contributed by atoms with Crippen molar-refractivity contribution < 1.29 is 0 Å². The Morgan fingerprint density at radius 1 is 1.00 bits per heavy atom. The topological polar surface area (TPSA) is 0 Å². The molecule has 0 bridgehead atoms. The van der Waals surface area contributed by atoms with Crippen LogP contribution in [0.5, 0.6) is 0 Å². The van der Waals surface area contributed by atoms with E-state index in [1.165, 1.54) is 16.7 Å². The third kappa shape index (κ3) is 3.89. The van der Waals surface area contributed by atoms with Crippen LogP contribution in [0.1, 0.15) is 34.9 Å². The van der Waals surface area contributed by atoms with Crippen LogP contribution in [0.4, 0.5) is 0 Å². The molecular weight excluding hydrogens is 240 g/mol. The van der Waals surface area contributed by atoms with E-state index in [2.05, 4.69) is 43.3 Å². The van der Waals surface area contributed by atoms with Gasteiger partial charge in [-0.15, -0.1) is 11.6 Å². The maximum Gasteiger partial charge on any atom is 0.0585 e. The molecule has 2 rings (SSSR count). The molecule has 2 aromatic rings. The van der Waals surface area contributed by atoms with Gasteiger partial charge in [0.15, 0.2) is 0 Å². The van der Waals surface area contributed by atoms with Gasteiger partial charge in [0.2, 0.25) is 0 Å². The van der Waals surface area contributed by atoms with Gasteiger partial charge < -0.3 is 0 Å². The minimum Gasteiger partial charge on any atom is -0.118 e. The SMILES string of the molecule is Cc1cccc(CCCC(Cl)c2ccccc2)c1. The van der Waals surface area contributed by atoms with Gasteiger partial charge in [0, 0.05) is 0 Å². The van der Waals surface area contributed by atoms with Crippen molar-refractivity contribution >= 4 is 11.6 Å². The first-order valence-electron chi connectivity index (χ1n) is 6.50. The van der Waals surface area contributed by atoms with Crippen molar-refractivity contribution in [3.63, 3.8) is 0 Å². The summed E-state index contributed by atoms with van der Waals surface area (Å²) in [7, 11) is 0. The molecule has 2 aromatic carbocycles. The van der Waals surface area contributed by atoms with Crippen molar-refractivity contribution in [2.75, 3.05) is 0 Å². The van der Waals surface area contributed by atoms with Gasteiger partial charge in [-0.05, 0) is 37.3 Å². The average molecular weight is 259 g/mol. The molecule has 94 valence electrons. The fourth-order valence-electron chi connectivity index (χ4n) is 2.18. The monoisotopic (exact) mass is 258 g/mol. The minimum atomic E-state index is 0.135. The maximum absolute atomic E-state index is 6.40. The average Bonchev–Trinajstić information content (AvgIpc) is 2.40. The summed E-state index contributed by atoms with van der Waals surface area (Å²) in [4.78, 5) is 0. The Morgan fingerprint density at radius 3 is 2.50 bits per heavy atom. The van der Waals surface area contributed by atoms with Crippen molar-refractivity contribution in [1.82, 2.24) is 0 Å². The molecule has 18 heavy (non-hydrogen) atoms. The third-order valence-electron chi connectivity index (χ3n) is 3.17. The molecule has 0 heterocycles. The summed E-state index contributed by atoms with van der Waals surface area (Å²) in [5.41, 5.74) is 3.97. The lowest BCUT2D eigenvalue weighted by molar-refractivity contribution is 0.716. The van der Waals surface area contributed by atoms with E-state index < -0.39 is 0 Å². The summed E-state index contributed by atoms with van der Waals surface area (Å²) in [6, 6.07) is 19.0. The van der Waals surface area contributed by atoms with Gasteiger partial charge in [-0.1, -0.05) is 60.2 Å². The van der Waals surface area contributed by atoms with Crippen LogP contribution in [0.25, 0.3) is 0 Å². The Balaban J connectivity index is 1.82. The van der Waals surface area contributed by atoms with Gasteiger partial charge in [-0.3, -0.25) is 0 Å². The second-order valence-corrected chi connectivity index (χ2v) is 5.29. The van der Waals surface area contributed by atoms with Crippen LogP contribution in [-0.2, 0) is 6.42 Å². The van der Waals surface area contributed by atoms with Crippen molar-refractivity contribution in [2.45, 2.75) is 31.6 Å². The number of hydrogen-bond acceptors (Lipinski definition) is 0. The molecule has 0 fully saturated rings. The Hall–Kier alpha value is -1.27. The van der Waals surface area contributed by atoms with Crippen LogP contribution >= 0.6 is 11.6 Å². The predicted molar refractivity (Wildman–Crippen MR) is 79.2 cm³/mol. The first-order valence-corrected chi connectivity index (χ1v) is 6.94. The normalized spacial score (nSPS) is 12.3. The number of benzene rings is 2. The molecule has 0 aliphatic heterocycles.